The van der Waals surface area contributed by atoms with Crippen molar-refractivity contribution in [3.63, 3.8) is 0 Å². The zero-order valence-corrected chi connectivity index (χ0v) is 13.0. The lowest BCUT2D eigenvalue weighted by Gasteiger charge is -2.19. The van der Waals surface area contributed by atoms with Crippen molar-refractivity contribution in [3.8, 4) is 5.75 Å². The van der Waals surface area contributed by atoms with Crippen molar-refractivity contribution in [3.05, 3.63) is 63.6 Å². The highest BCUT2D eigenvalue weighted by Crippen LogP contribution is 2.29. The number of methoxy groups -OCH3 is 1. The molecule has 2 aromatic carbocycles. The largest absolute Gasteiger partial charge is 0.494 e. The van der Waals surface area contributed by atoms with Crippen molar-refractivity contribution in [1.29, 1.82) is 0 Å². The summed E-state index contributed by atoms with van der Waals surface area (Å²) in [7, 11) is 1.41. The van der Waals surface area contributed by atoms with Gasteiger partial charge in [0.1, 0.15) is 5.82 Å². The van der Waals surface area contributed by atoms with Gasteiger partial charge in [-0.05, 0) is 35.7 Å². The normalized spacial score (nSPS) is 12.2. The Kier molecular flexibility index (Phi) is 5.27. The van der Waals surface area contributed by atoms with E-state index in [4.69, 9.17) is 10.6 Å². The van der Waals surface area contributed by atoms with Gasteiger partial charge < -0.3 is 4.74 Å². The summed E-state index contributed by atoms with van der Waals surface area (Å²) in [6, 6.07) is 8.87. The molecule has 0 amide bonds. The van der Waals surface area contributed by atoms with E-state index in [1.807, 2.05) is 0 Å². The maximum Gasteiger partial charge on any atom is 0.168 e. The number of ether oxygens (including phenoxy) is 1. The second-order valence-corrected chi connectivity index (χ2v) is 5.38. The molecule has 112 valence electrons. The first-order valence-corrected chi connectivity index (χ1v) is 7.08. The Morgan fingerprint density at radius 1 is 1.29 bits per heavy atom. The topological polar surface area (TPSA) is 47.3 Å². The molecular formula is C15H15BrF2N2O. The molecule has 2 rings (SSSR count). The smallest absolute Gasteiger partial charge is 0.168 e. The van der Waals surface area contributed by atoms with Crippen LogP contribution in [0.1, 0.15) is 17.2 Å². The van der Waals surface area contributed by atoms with Gasteiger partial charge in [-0.2, -0.15) is 0 Å². The summed E-state index contributed by atoms with van der Waals surface area (Å²) >= 11 is 3.29. The third-order valence-electron chi connectivity index (χ3n) is 3.23. The van der Waals surface area contributed by atoms with E-state index in [1.54, 1.807) is 24.3 Å². The maximum absolute atomic E-state index is 14.2. The van der Waals surface area contributed by atoms with Crippen LogP contribution >= 0.6 is 15.9 Å². The van der Waals surface area contributed by atoms with Gasteiger partial charge in [0, 0.05) is 4.47 Å². The van der Waals surface area contributed by atoms with Crippen molar-refractivity contribution in [2.75, 3.05) is 7.11 Å². The van der Waals surface area contributed by atoms with Gasteiger partial charge in [0.2, 0.25) is 0 Å². The van der Waals surface area contributed by atoms with Crippen molar-refractivity contribution >= 4 is 15.9 Å². The van der Waals surface area contributed by atoms with E-state index in [9.17, 15) is 8.78 Å². The summed E-state index contributed by atoms with van der Waals surface area (Å²) in [6.07, 6.45) is 0.309. The predicted molar refractivity (Wildman–Crippen MR) is 80.8 cm³/mol. The SMILES string of the molecule is COc1cccc(CC(NN)c2ccc(F)cc2Br)c1F. The van der Waals surface area contributed by atoms with Gasteiger partial charge in [-0.25, -0.2) is 8.78 Å². The van der Waals surface area contributed by atoms with Crippen LogP contribution in [0.5, 0.6) is 5.75 Å². The number of nitrogens with one attached hydrogen (secondary N) is 1. The van der Waals surface area contributed by atoms with Crippen LogP contribution in [0.15, 0.2) is 40.9 Å². The van der Waals surface area contributed by atoms with Gasteiger partial charge >= 0.3 is 0 Å². The van der Waals surface area contributed by atoms with Crippen LogP contribution in [0, 0.1) is 11.6 Å². The number of rotatable bonds is 5. The maximum atomic E-state index is 14.2. The first-order chi connectivity index (χ1) is 10.1. The van der Waals surface area contributed by atoms with Crippen molar-refractivity contribution in [2.45, 2.75) is 12.5 Å². The molecule has 0 saturated heterocycles. The third kappa shape index (κ3) is 3.58. The number of hydrazine groups is 1. The Balaban J connectivity index is 2.31. The predicted octanol–water partition coefficient (Wildman–Crippen LogP) is 3.48. The molecule has 0 aliphatic carbocycles. The number of nitrogens with two attached hydrogens (primary N) is 1. The summed E-state index contributed by atoms with van der Waals surface area (Å²) in [5.41, 5.74) is 3.85. The second-order valence-electron chi connectivity index (χ2n) is 4.52. The highest BCUT2D eigenvalue weighted by atomic mass is 79.9. The lowest BCUT2D eigenvalue weighted by Crippen LogP contribution is -2.30. The number of hydrogen-bond acceptors (Lipinski definition) is 3. The minimum absolute atomic E-state index is 0.182. The van der Waals surface area contributed by atoms with Gasteiger partial charge in [-0.3, -0.25) is 11.3 Å². The molecule has 0 bridgehead atoms. The monoisotopic (exact) mass is 356 g/mol. The first-order valence-electron chi connectivity index (χ1n) is 6.29. The lowest BCUT2D eigenvalue weighted by atomic mass is 9.99. The highest BCUT2D eigenvalue weighted by Gasteiger charge is 2.18. The van der Waals surface area contributed by atoms with Gasteiger partial charge in [-0.15, -0.1) is 0 Å². The Morgan fingerprint density at radius 2 is 2.05 bits per heavy atom. The van der Waals surface area contributed by atoms with Crippen molar-refractivity contribution in [1.82, 2.24) is 5.43 Å². The molecule has 0 aliphatic heterocycles. The van der Waals surface area contributed by atoms with Crippen LogP contribution in [-0.4, -0.2) is 7.11 Å². The van der Waals surface area contributed by atoms with Gasteiger partial charge in [0.05, 0.1) is 13.2 Å². The van der Waals surface area contributed by atoms with E-state index in [-0.39, 0.29) is 17.6 Å². The molecule has 0 saturated carbocycles. The summed E-state index contributed by atoms with van der Waals surface area (Å²) in [6.45, 7) is 0. The molecule has 0 radical (unpaired) electrons. The summed E-state index contributed by atoms with van der Waals surface area (Å²) in [4.78, 5) is 0. The van der Waals surface area contributed by atoms with Gasteiger partial charge in [0.15, 0.2) is 11.6 Å². The van der Waals surface area contributed by atoms with Crippen LogP contribution in [0.3, 0.4) is 0 Å². The minimum Gasteiger partial charge on any atom is -0.494 e. The number of benzene rings is 2. The van der Waals surface area contributed by atoms with E-state index < -0.39 is 5.82 Å². The van der Waals surface area contributed by atoms with Crippen molar-refractivity contribution < 1.29 is 13.5 Å². The zero-order valence-electron chi connectivity index (χ0n) is 11.4. The Labute approximate surface area is 130 Å². The molecule has 3 N–H and O–H groups in total. The van der Waals surface area contributed by atoms with E-state index in [1.165, 1.54) is 19.2 Å². The average molecular weight is 357 g/mol. The molecule has 21 heavy (non-hydrogen) atoms. The molecule has 1 atom stereocenters. The molecule has 0 aliphatic rings. The molecule has 3 nitrogen and oxygen atoms in total. The van der Waals surface area contributed by atoms with Crippen molar-refractivity contribution in [2.24, 2.45) is 5.84 Å². The van der Waals surface area contributed by atoms with E-state index >= 15 is 0 Å². The number of halogens is 3. The van der Waals surface area contributed by atoms with Crippen LogP contribution < -0.4 is 16.0 Å². The molecule has 0 spiro atoms. The average Bonchev–Trinajstić information content (AvgIpc) is 2.47. The van der Waals surface area contributed by atoms with Gasteiger partial charge in [0.25, 0.3) is 0 Å². The zero-order chi connectivity index (χ0) is 15.4. The molecule has 6 heteroatoms. The molecule has 0 fully saturated rings. The van der Waals surface area contributed by atoms with Crippen LogP contribution in [-0.2, 0) is 6.42 Å². The molecule has 0 aromatic heterocycles. The van der Waals surface area contributed by atoms with E-state index in [0.717, 1.165) is 5.56 Å². The Hall–Kier alpha value is -1.50. The second kappa shape index (κ2) is 6.98. The fraction of sp³-hybridized carbons (Fsp3) is 0.200. The van der Waals surface area contributed by atoms with Crippen LogP contribution in [0.2, 0.25) is 0 Å². The third-order valence-corrected chi connectivity index (χ3v) is 3.91. The number of hydrogen-bond donors (Lipinski definition) is 2. The fourth-order valence-electron chi connectivity index (χ4n) is 2.13. The standard InChI is InChI=1S/C15H15BrF2N2O/c1-21-14-4-2-3-9(15(14)18)7-13(20-19)11-6-5-10(17)8-12(11)16/h2-6,8,13,20H,7,19H2,1H3. The quantitative estimate of drug-likeness (QED) is 0.636. The fourth-order valence-corrected chi connectivity index (χ4v) is 2.76. The van der Waals surface area contributed by atoms with E-state index in [0.29, 0.717) is 16.5 Å². The first kappa shape index (κ1) is 15.9. The lowest BCUT2D eigenvalue weighted by molar-refractivity contribution is 0.382. The Morgan fingerprint density at radius 3 is 2.67 bits per heavy atom. The Bertz CT molecular complexity index is 637. The summed E-state index contributed by atoms with van der Waals surface area (Å²) in [5, 5.41) is 0. The summed E-state index contributed by atoms with van der Waals surface area (Å²) < 4.78 is 32.9. The molecular weight excluding hydrogens is 342 g/mol. The van der Waals surface area contributed by atoms with Gasteiger partial charge in [-0.1, -0.05) is 34.1 Å². The highest BCUT2D eigenvalue weighted by molar-refractivity contribution is 9.10. The van der Waals surface area contributed by atoms with Crippen LogP contribution in [0.4, 0.5) is 8.78 Å². The molecule has 2 aromatic rings. The minimum atomic E-state index is -0.418. The molecule has 0 heterocycles. The summed E-state index contributed by atoms with van der Waals surface area (Å²) in [5.74, 6) is 4.97. The van der Waals surface area contributed by atoms with E-state index in [2.05, 4.69) is 21.4 Å². The van der Waals surface area contributed by atoms with Crippen LogP contribution in [0.25, 0.3) is 0 Å². The molecule has 1 unspecified atom stereocenters.